The lowest BCUT2D eigenvalue weighted by Crippen LogP contribution is -2.30. The first-order valence-corrected chi connectivity index (χ1v) is 9.06. The number of carbonyl (C=O) groups is 1. The molecule has 0 spiro atoms. The van der Waals surface area contributed by atoms with Crippen molar-refractivity contribution in [2.45, 2.75) is 25.5 Å². The summed E-state index contributed by atoms with van der Waals surface area (Å²) in [6.07, 6.45) is 2.26. The summed E-state index contributed by atoms with van der Waals surface area (Å²) in [7, 11) is 1.94. The Kier molecular flexibility index (Phi) is 6.63. The van der Waals surface area contributed by atoms with Crippen LogP contribution in [0.1, 0.15) is 18.4 Å². The number of carbonyl (C=O) groups excluding carboxylic acids is 1. The molecule has 1 aliphatic rings. The lowest BCUT2D eigenvalue weighted by Gasteiger charge is -2.18. The van der Waals surface area contributed by atoms with Gasteiger partial charge in [0.2, 0.25) is 5.91 Å². The van der Waals surface area contributed by atoms with Crippen LogP contribution < -0.4 is 10.1 Å². The number of hydrogen-bond acceptors (Lipinski definition) is 4. The Morgan fingerprint density at radius 3 is 2.73 bits per heavy atom. The molecule has 2 aromatic carbocycles. The molecule has 5 nitrogen and oxygen atoms in total. The van der Waals surface area contributed by atoms with Crippen LogP contribution >= 0.6 is 0 Å². The minimum atomic E-state index is -0.0587. The highest BCUT2D eigenvalue weighted by atomic mass is 16.5. The third-order valence-electron chi connectivity index (χ3n) is 4.32. The summed E-state index contributed by atoms with van der Waals surface area (Å²) < 4.78 is 11.5. The SMILES string of the molecule is CN(CC(=O)Nc1ccccc1OCC1CCCO1)Cc1ccccc1. The molecule has 0 radical (unpaired) electrons. The maximum absolute atomic E-state index is 12.4. The number of hydrogen-bond donors (Lipinski definition) is 1. The average Bonchev–Trinajstić information content (AvgIpc) is 3.15. The number of nitrogens with one attached hydrogen (secondary N) is 1. The predicted octanol–water partition coefficient (Wildman–Crippen LogP) is 3.31. The Balaban J connectivity index is 1.51. The number of anilines is 1. The molecule has 0 bridgehead atoms. The van der Waals surface area contributed by atoms with E-state index in [-0.39, 0.29) is 12.0 Å². The molecule has 0 aromatic heterocycles. The fourth-order valence-electron chi connectivity index (χ4n) is 3.04. The second kappa shape index (κ2) is 9.36. The van der Waals surface area contributed by atoms with Crippen molar-refractivity contribution in [3.05, 3.63) is 60.2 Å². The van der Waals surface area contributed by atoms with Crippen molar-refractivity contribution in [2.24, 2.45) is 0 Å². The van der Waals surface area contributed by atoms with E-state index in [4.69, 9.17) is 9.47 Å². The van der Waals surface area contributed by atoms with E-state index in [0.29, 0.717) is 24.6 Å². The lowest BCUT2D eigenvalue weighted by atomic mass is 10.2. The van der Waals surface area contributed by atoms with E-state index in [2.05, 4.69) is 17.4 Å². The minimum absolute atomic E-state index is 0.0587. The first-order valence-electron chi connectivity index (χ1n) is 9.06. The van der Waals surface area contributed by atoms with Gasteiger partial charge in [0, 0.05) is 13.2 Å². The first kappa shape index (κ1) is 18.4. The number of likely N-dealkylation sites (N-methyl/N-ethyl adjacent to an activating group) is 1. The van der Waals surface area contributed by atoms with Crippen molar-refractivity contribution in [1.29, 1.82) is 0 Å². The summed E-state index contributed by atoms with van der Waals surface area (Å²) in [6, 6.07) is 17.6. The van der Waals surface area contributed by atoms with Crippen LogP contribution in [0.25, 0.3) is 0 Å². The van der Waals surface area contributed by atoms with E-state index in [1.165, 1.54) is 5.56 Å². The second-order valence-corrected chi connectivity index (χ2v) is 6.65. The highest BCUT2D eigenvalue weighted by molar-refractivity contribution is 5.93. The maximum Gasteiger partial charge on any atom is 0.238 e. The van der Waals surface area contributed by atoms with Gasteiger partial charge < -0.3 is 14.8 Å². The zero-order chi connectivity index (χ0) is 18.2. The van der Waals surface area contributed by atoms with Crippen molar-refractivity contribution < 1.29 is 14.3 Å². The van der Waals surface area contributed by atoms with Gasteiger partial charge in [-0.05, 0) is 37.6 Å². The van der Waals surface area contributed by atoms with Gasteiger partial charge in [0.1, 0.15) is 12.4 Å². The number of rotatable bonds is 8. The third-order valence-corrected chi connectivity index (χ3v) is 4.32. The van der Waals surface area contributed by atoms with E-state index < -0.39 is 0 Å². The summed E-state index contributed by atoms with van der Waals surface area (Å²) in [4.78, 5) is 14.4. The number of ether oxygens (including phenoxy) is 2. The predicted molar refractivity (Wildman–Crippen MR) is 102 cm³/mol. The largest absolute Gasteiger partial charge is 0.489 e. The molecule has 1 N–H and O–H groups in total. The molecular formula is C21H26N2O3. The van der Waals surface area contributed by atoms with Crippen molar-refractivity contribution in [3.63, 3.8) is 0 Å². The van der Waals surface area contributed by atoms with E-state index in [1.807, 2.05) is 54.4 Å². The highest BCUT2D eigenvalue weighted by Crippen LogP contribution is 2.25. The molecule has 1 aliphatic heterocycles. The van der Waals surface area contributed by atoms with Crippen LogP contribution in [0.5, 0.6) is 5.75 Å². The Hall–Kier alpha value is -2.37. The maximum atomic E-state index is 12.4. The molecule has 26 heavy (non-hydrogen) atoms. The Bertz CT molecular complexity index is 699. The summed E-state index contributed by atoms with van der Waals surface area (Å²) in [5.41, 5.74) is 1.88. The number of amides is 1. The number of benzene rings is 2. The van der Waals surface area contributed by atoms with Gasteiger partial charge in [0.15, 0.2) is 0 Å². The smallest absolute Gasteiger partial charge is 0.238 e. The molecule has 2 aromatic rings. The molecule has 1 amide bonds. The van der Waals surface area contributed by atoms with Crippen molar-refractivity contribution >= 4 is 11.6 Å². The fraction of sp³-hybridized carbons (Fsp3) is 0.381. The molecule has 1 unspecified atom stereocenters. The minimum Gasteiger partial charge on any atom is -0.489 e. The van der Waals surface area contributed by atoms with Crippen LogP contribution in [-0.4, -0.2) is 43.7 Å². The first-order chi connectivity index (χ1) is 12.7. The van der Waals surface area contributed by atoms with Gasteiger partial charge in [-0.1, -0.05) is 42.5 Å². The Labute approximate surface area is 154 Å². The molecule has 1 atom stereocenters. The van der Waals surface area contributed by atoms with Crippen molar-refractivity contribution in [2.75, 3.05) is 32.1 Å². The zero-order valence-corrected chi connectivity index (χ0v) is 15.2. The summed E-state index contributed by atoms with van der Waals surface area (Å²) in [5, 5.41) is 2.96. The number of para-hydroxylation sites is 2. The van der Waals surface area contributed by atoms with Gasteiger partial charge >= 0.3 is 0 Å². The van der Waals surface area contributed by atoms with Gasteiger partial charge in [-0.3, -0.25) is 9.69 Å². The fourth-order valence-corrected chi connectivity index (χ4v) is 3.04. The second-order valence-electron chi connectivity index (χ2n) is 6.65. The number of nitrogens with zero attached hydrogens (tertiary/aromatic N) is 1. The summed E-state index contributed by atoms with van der Waals surface area (Å²) in [6.45, 7) is 2.36. The van der Waals surface area contributed by atoms with E-state index in [1.54, 1.807) is 0 Å². The van der Waals surface area contributed by atoms with Crippen molar-refractivity contribution in [3.8, 4) is 5.75 Å². The molecule has 1 heterocycles. The summed E-state index contributed by atoms with van der Waals surface area (Å²) >= 11 is 0. The quantitative estimate of drug-likeness (QED) is 0.790. The Morgan fingerprint density at radius 1 is 1.19 bits per heavy atom. The molecule has 3 rings (SSSR count). The molecule has 1 fully saturated rings. The topological polar surface area (TPSA) is 50.8 Å². The monoisotopic (exact) mass is 354 g/mol. The molecule has 0 aliphatic carbocycles. The van der Waals surface area contributed by atoms with E-state index in [9.17, 15) is 4.79 Å². The molecule has 5 heteroatoms. The van der Waals surface area contributed by atoms with Gasteiger partial charge in [-0.15, -0.1) is 0 Å². The van der Waals surface area contributed by atoms with Crippen LogP contribution in [0.3, 0.4) is 0 Å². The molecule has 1 saturated heterocycles. The highest BCUT2D eigenvalue weighted by Gasteiger charge is 2.17. The van der Waals surface area contributed by atoms with Crippen molar-refractivity contribution in [1.82, 2.24) is 4.90 Å². The van der Waals surface area contributed by atoms with Crippen LogP contribution in [0.2, 0.25) is 0 Å². The van der Waals surface area contributed by atoms with Crippen LogP contribution in [0, 0.1) is 0 Å². The van der Waals surface area contributed by atoms with Gasteiger partial charge in [0.25, 0.3) is 0 Å². The zero-order valence-electron chi connectivity index (χ0n) is 15.2. The lowest BCUT2D eigenvalue weighted by molar-refractivity contribution is -0.117. The summed E-state index contributed by atoms with van der Waals surface area (Å²) in [5.74, 6) is 0.624. The van der Waals surface area contributed by atoms with Crippen LogP contribution in [0.15, 0.2) is 54.6 Å². The van der Waals surface area contributed by atoms with Gasteiger partial charge in [-0.25, -0.2) is 0 Å². The average molecular weight is 354 g/mol. The Morgan fingerprint density at radius 2 is 1.96 bits per heavy atom. The molecule has 0 saturated carbocycles. The normalized spacial score (nSPS) is 16.6. The van der Waals surface area contributed by atoms with Gasteiger partial charge in [-0.2, -0.15) is 0 Å². The molecule has 138 valence electrons. The standard InChI is InChI=1S/C21H26N2O3/c1-23(14-17-8-3-2-4-9-17)15-21(24)22-19-11-5-6-12-20(19)26-16-18-10-7-13-25-18/h2-6,8-9,11-12,18H,7,10,13-16H2,1H3,(H,22,24). The van der Waals surface area contributed by atoms with E-state index >= 15 is 0 Å². The third kappa shape index (κ3) is 5.58. The van der Waals surface area contributed by atoms with Crippen LogP contribution in [0.4, 0.5) is 5.69 Å². The van der Waals surface area contributed by atoms with E-state index in [0.717, 1.165) is 26.0 Å². The van der Waals surface area contributed by atoms with Crippen LogP contribution in [-0.2, 0) is 16.1 Å². The molecular weight excluding hydrogens is 328 g/mol. The van der Waals surface area contributed by atoms with Gasteiger partial charge in [0.05, 0.1) is 18.3 Å².